The Labute approximate surface area is 124 Å². The van der Waals surface area contributed by atoms with Crippen molar-refractivity contribution >= 4 is 11.8 Å². The van der Waals surface area contributed by atoms with E-state index in [2.05, 4.69) is 10.6 Å². The summed E-state index contributed by atoms with van der Waals surface area (Å²) >= 11 is 0. The predicted molar refractivity (Wildman–Crippen MR) is 83.4 cm³/mol. The van der Waals surface area contributed by atoms with Gasteiger partial charge in [-0.2, -0.15) is 0 Å². The molecule has 0 spiro atoms. The van der Waals surface area contributed by atoms with Crippen molar-refractivity contribution < 1.29 is 9.59 Å². The third-order valence-corrected chi connectivity index (χ3v) is 3.91. The number of unbranched alkanes of at least 4 members (excludes halogenated alkanes) is 1. The van der Waals surface area contributed by atoms with E-state index in [4.69, 9.17) is 0 Å². The second-order valence-electron chi connectivity index (χ2n) is 5.32. The molecule has 118 valence electrons. The molecule has 2 amide bonds. The first kappa shape index (κ1) is 18.9. The van der Waals surface area contributed by atoms with Crippen molar-refractivity contribution in [2.75, 3.05) is 13.1 Å². The normalized spacial score (nSPS) is 10.9. The molecule has 0 saturated heterocycles. The lowest BCUT2D eigenvalue weighted by Gasteiger charge is -2.14. The van der Waals surface area contributed by atoms with Gasteiger partial charge in [0.15, 0.2) is 0 Å². The molecule has 0 saturated carbocycles. The molecular weight excluding hydrogens is 252 g/mol. The van der Waals surface area contributed by atoms with Crippen molar-refractivity contribution in [2.24, 2.45) is 11.8 Å². The van der Waals surface area contributed by atoms with Crippen LogP contribution in [0, 0.1) is 11.8 Å². The first-order valence-electron chi connectivity index (χ1n) is 8.15. The molecule has 0 rings (SSSR count). The molecule has 0 heterocycles. The first-order valence-corrected chi connectivity index (χ1v) is 8.15. The zero-order valence-electron chi connectivity index (χ0n) is 13.6. The second kappa shape index (κ2) is 11.7. The maximum Gasteiger partial charge on any atom is 0.223 e. The third kappa shape index (κ3) is 7.51. The average molecular weight is 284 g/mol. The molecule has 0 bridgehead atoms. The fraction of sp³-hybridized carbons (Fsp3) is 0.875. The Morgan fingerprint density at radius 3 is 1.25 bits per heavy atom. The maximum absolute atomic E-state index is 11.7. The molecule has 0 aliphatic rings. The van der Waals surface area contributed by atoms with E-state index in [1.54, 1.807) is 0 Å². The fourth-order valence-corrected chi connectivity index (χ4v) is 2.28. The quantitative estimate of drug-likeness (QED) is 0.573. The number of carbonyl (C=O) groups is 2. The van der Waals surface area contributed by atoms with Gasteiger partial charge in [0.05, 0.1) is 0 Å². The number of hydrogen-bond donors (Lipinski definition) is 2. The summed E-state index contributed by atoms with van der Waals surface area (Å²) in [5.74, 6) is 0.612. The van der Waals surface area contributed by atoms with E-state index >= 15 is 0 Å². The zero-order chi connectivity index (χ0) is 15.4. The Balaban J connectivity index is 3.63. The summed E-state index contributed by atoms with van der Waals surface area (Å²) < 4.78 is 0. The van der Waals surface area contributed by atoms with Crippen LogP contribution in [0.25, 0.3) is 0 Å². The summed E-state index contributed by atoms with van der Waals surface area (Å²) in [7, 11) is 0. The summed E-state index contributed by atoms with van der Waals surface area (Å²) in [6.07, 6.45) is 5.41. The Morgan fingerprint density at radius 2 is 1.00 bits per heavy atom. The molecule has 0 aliphatic carbocycles. The minimum atomic E-state index is 0.143. The van der Waals surface area contributed by atoms with Gasteiger partial charge in [0.2, 0.25) is 11.8 Å². The zero-order valence-corrected chi connectivity index (χ0v) is 13.6. The number of amides is 2. The van der Waals surface area contributed by atoms with Crippen molar-refractivity contribution in [3.63, 3.8) is 0 Å². The molecule has 4 heteroatoms. The molecule has 0 aromatic carbocycles. The Kier molecular flexibility index (Phi) is 11.1. The maximum atomic E-state index is 11.7. The highest BCUT2D eigenvalue weighted by molar-refractivity contribution is 5.78. The summed E-state index contributed by atoms with van der Waals surface area (Å²) in [4.78, 5) is 23.5. The monoisotopic (exact) mass is 284 g/mol. The minimum absolute atomic E-state index is 0.143. The average Bonchev–Trinajstić information content (AvgIpc) is 2.45. The van der Waals surface area contributed by atoms with Gasteiger partial charge < -0.3 is 10.6 Å². The molecule has 0 aliphatic heterocycles. The van der Waals surface area contributed by atoms with Crippen LogP contribution in [0.4, 0.5) is 0 Å². The molecule has 0 fully saturated rings. The standard InChI is InChI=1S/C16H32N2O2/c1-5-13(6-2)15(19)17-11-9-10-12-18-16(20)14(7-3)8-4/h13-14H,5-12H2,1-4H3,(H,17,19)(H,18,20). The Bertz CT molecular complexity index is 244. The molecular formula is C16H32N2O2. The summed E-state index contributed by atoms with van der Waals surface area (Å²) in [6, 6.07) is 0. The van der Waals surface area contributed by atoms with Gasteiger partial charge in [-0.15, -0.1) is 0 Å². The largest absolute Gasteiger partial charge is 0.356 e. The van der Waals surface area contributed by atoms with E-state index in [-0.39, 0.29) is 23.7 Å². The first-order chi connectivity index (χ1) is 9.60. The van der Waals surface area contributed by atoms with E-state index in [1.807, 2.05) is 27.7 Å². The van der Waals surface area contributed by atoms with Gasteiger partial charge in [-0.3, -0.25) is 9.59 Å². The molecule has 2 N–H and O–H groups in total. The number of hydrogen-bond acceptors (Lipinski definition) is 2. The molecule has 20 heavy (non-hydrogen) atoms. The van der Waals surface area contributed by atoms with Gasteiger partial charge >= 0.3 is 0 Å². The van der Waals surface area contributed by atoms with E-state index in [0.29, 0.717) is 13.1 Å². The van der Waals surface area contributed by atoms with Crippen molar-refractivity contribution in [2.45, 2.75) is 66.2 Å². The fourth-order valence-electron chi connectivity index (χ4n) is 2.28. The third-order valence-electron chi connectivity index (χ3n) is 3.91. The van der Waals surface area contributed by atoms with E-state index in [1.165, 1.54) is 0 Å². The van der Waals surface area contributed by atoms with Crippen LogP contribution in [-0.2, 0) is 9.59 Å². The van der Waals surface area contributed by atoms with Crippen LogP contribution in [-0.4, -0.2) is 24.9 Å². The predicted octanol–water partition coefficient (Wildman–Crippen LogP) is 2.87. The Hall–Kier alpha value is -1.06. The molecule has 4 nitrogen and oxygen atoms in total. The van der Waals surface area contributed by atoms with Crippen LogP contribution in [0.3, 0.4) is 0 Å². The summed E-state index contributed by atoms with van der Waals surface area (Å²) in [5, 5.41) is 5.93. The SMILES string of the molecule is CCC(CC)C(=O)NCCCCNC(=O)C(CC)CC. The molecule has 0 aromatic heterocycles. The minimum Gasteiger partial charge on any atom is -0.356 e. The lowest BCUT2D eigenvalue weighted by Crippen LogP contribution is -2.33. The molecule has 0 atom stereocenters. The van der Waals surface area contributed by atoms with Gasteiger partial charge in [0.1, 0.15) is 0 Å². The Morgan fingerprint density at radius 1 is 0.700 bits per heavy atom. The second-order valence-corrected chi connectivity index (χ2v) is 5.32. The topological polar surface area (TPSA) is 58.2 Å². The van der Waals surface area contributed by atoms with Gasteiger partial charge in [-0.25, -0.2) is 0 Å². The van der Waals surface area contributed by atoms with Gasteiger partial charge in [0, 0.05) is 24.9 Å². The van der Waals surface area contributed by atoms with Gasteiger partial charge in [-0.05, 0) is 38.5 Å². The molecule has 0 aromatic rings. The summed E-state index contributed by atoms with van der Waals surface area (Å²) in [5.41, 5.74) is 0. The van der Waals surface area contributed by atoms with E-state index < -0.39 is 0 Å². The molecule has 0 radical (unpaired) electrons. The van der Waals surface area contributed by atoms with E-state index in [9.17, 15) is 9.59 Å². The van der Waals surface area contributed by atoms with Crippen molar-refractivity contribution in [3.05, 3.63) is 0 Å². The highest BCUT2D eigenvalue weighted by atomic mass is 16.2. The van der Waals surface area contributed by atoms with E-state index in [0.717, 1.165) is 38.5 Å². The van der Waals surface area contributed by atoms with Gasteiger partial charge in [0.25, 0.3) is 0 Å². The molecule has 0 unspecified atom stereocenters. The van der Waals surface area contributed by atoms with Gasteiger partial charge in [-0.1, -0.05) is 27.7 Å². The highest BCUT2D eigenvalue weighted by Gasteiger charge is 2.14. The van der Waals surface area contributed by atoms with Crippen LogP contribution in [0.1, 0.15) is 66.2 Å². The number of rotatable bonds is 11. The van der Waals surface area contributed by atoms with Crippen LogP contribution >= 0.6 is 0 Å². The van der Waals surface area contributed by atoms with Crippen molar-refractivity contribution in [3.8, 4) is 0 Å². The smallest absolute Gasteiger partial charge is 0.223 e. The van der Waals surface area contributed by atoms with Crippen molar-refractivity contribution in [1.29, 1.82) is 0 Å². The lowest BCUT2D eigenvalue weighted by atomic mass is 10.0. The lowest BCUT2D eigenvalue weighted by molar-refractivity contribution is -0.126. The summed E-state index contributed by atoms with van der Waals surface area (Å²) in [6.45, 7) is 9.58. The number of nitrogens with one attached hydrogen (secondary N) is 2. The van der Waals surface area contributed by atoms with Crippen LogP contribution in [0.2, 0.25) is 0 Å². The number of carbonyl (C=O) groups excluding carboxylic acids is 2. The van der Waals surface area contributed by atoms with Crippen molar-refractivity contribution in [1.82, 2.24) is 10.6 Å². The van der Waals surface area contributed by atoms with Crippen LogP contribution < -0.4 is 10.6 Å². The highest BCUT2D eigenvalue weighted by Crippen LogP contribution is 2.07. The van der Waals surface area contributed by atoms with Crippen LogP contribution in [0.5, 0.6) is 0 Å². The van der Waals surface area contributed by atoms with Crippen LogP contribution in [0.15, 0.2) is 0 Å².